The molecule has 0 radical (unpaired) electrons. The third kappa shape index (κ3) is 2.97. The van der Waals surface area contributed by atoms with E-state index in [1.54, 1.807) is 6.20 Å². The van der Waals surface area contributed by atoms with E-state index >= 15 is 0 Å². The molecular formula is C23H23N3O2. The first-order valence-electron chi connectivity index (χ1n) is 9.94. The van der Waals surface area contributed by atoms with Gasteiger partial charge in [-0.15, -0.1) is 0 Å². The number of carbonyl (C=O) groups excluding carboxylic acids is 1. The largest absolute Gasteiger partial charge is 0.456 e. The molecule has 5 nitrogen and oxygen atoms in total. The van der Waals surface area contributed by atoms with Crippen LogP contribution in [0.2, 0.25) is 0 Å². The smallest absolute Gasteiger partial charge is 0.230 e. The molecule has 1 aromatic heterocycles. The number of H-pyrrole nitrogens is 1. The Bertz CT molecular complexity index is 994. The third-order valence-electron chi connectivity index (χ3n) is 5.67. The van der Waals surface area contributed by atoms with Gasteiger partial charge in [0.1, 0.15) is 11.5 Å². The molecule has 0 spiro atoms. The number of nitrogens with zero attached hydrogens (tertiary/aromatic N) is 2. The second-order valence-corrected chi connectivity index (χ2v) is 7.70. The first-order chi connectivity index (χ1) is 13.7. The summed E-state index contributed by atoms with van der Waals surface area (Å²) in [7, 11) is 0. The Kier molecular flexibility index (Phi) is 4.15. The van der Waals surface area contributed by atoms with Crippen LogP contribution in [0.1, 0.15) is 31.7 Å². The van der Waals surface area contributed by atoms with Crippen molar-refractivity contribution in [2.45, 2.75) is 38.6 Å². The fourth-order valence-electron chi connectivity index (χ4n) is 4.01. The summed E-state index contributed by atoms with van der Waals surface area (Å²) >= 11 is 0. The second kappa shape index (κ2) is 6.82. The average molecular weight is 373 g/mol. The predicted molar refractivity (Wildman–Crippen MR) is 109 cm³/mol. The molecule has 1 fully saturated rings. The lowest BCUT2D eigenvalue weighted by Crippen LogP contribution is -2.43. The van der Waals surface area contributed by atoms with Crippen LogP contribution in [0.5, 0.6) is 11.5 Å². The minimum atomic E-state index is 0.194. The zero-order valence-corrected chi connectivity index (χ0v) is 15.9. The Morgan fingerprint density at radius 1 is 1.11 bits per heavy atom. The highest BCUT2D eigenvalue weighted by atomic mass is 16.5. The normalized spacial score (nSPS) is 18.6. The lowest BCUT2D eigenvalue weighted by atomic mass is 9.92. The van der Waals surface area contributed by atoms with Crippen LogP contribution in [0, 0.1) is 5.92 Å². The molecule has 1 N–H and O–H groups in total. The molecule has 1 aliphatic heterocycles. The van der Waals surface area contributed by atoms with Crippen LogP contribution < -0.4 is 9.64 Å². The van der Waals surface area contributed by atoms with Crippen LogP contribution in [-0.4, -0.2) is 22.1 Å². The SMILES string of the molecule is CC1CCc2c(ccc(-c3ccn[nH]3)c2Oc2ccccc2)N1C(=O)C1CC1. The van der Waals surface area contributed by atoms with Gasteiger partial charge < -0.3 is 9.64 Å². The fourth-order valence-corrected chi connectivity index (χ4v) is 4.01. The first-order valence-corrected chi connectivity index (χ1v) is 9.94. The van der Waals surface area contributed by atoms with E-state index in [1.165, 1.54) is 0 Å². The van der Waals surface area contributed by atoms with Crippen molar-refractivity contribution >= 4 is 11.6 Å². The molecule has 28 heavy (non-hydrogen) atoms. The number of nitrogens with one attached hydrogen (secondary N) is 1. The van der Waals surface area contributed by atoms with Gasteiger partial charge >= 0.3 is 0 Å². The van der Waals surface area contributed by atoms with Crippen molar-refractivity contribution in [2.24, 2.45) is 5.92 Å². The minimum Gasteiger partial charge on any atom is -0.456 e. The van der Waals surface area contributed by atoms with E-state index in [1.807, 2.05) is 47.4 Å². The van der Waals surface area contributed by atoms with Crippen molar-refractivity contribution in [3.63, 3.8) is 0 Å². The van der Waals surface area contributed by atoms with Gasteiger partial charge in [0, 0.05) is 29.3 Å². The van der Waals surface area contributed by atoms with E-state index in [0.29, 0.717) is 0 Å². The molecule has 1 atom stereocenters. The zero-order valence-electron chi connectivity index (χ0n) is 15.9. The van der Waals surface area contributed by atoms with Gasteiger partial charge in [-0.25, -0.2) is 0 Å². The van der Waals surface area contributed by atoms with Crippen molar-refractivity contribution in [1.29, 1.82) is 0 Å². The summed E-state index contributed by atoms with van der Waals surface area (Å²) in [5.41, 5.74) is 3.97. The van der Waals surface area contributed by atoms with Crippen LogP contribution >= 0.6 is 0 Å². The molecule has 1 aliphatic carbocycles. The van der Waals surface area contributed by atoms with Crippen LogP contribution in [-0.2, 0) is 11.2 Å². The van der Waals surface area contributed by atoms with Gasteiger partial charge in [0.05, 0.1) is 11.4 Å². The highest BCUT2D eigenvalue weighted by Gasteiger charge is 2.39. The Balaban J connectivity index is 1.65. The Morgan fingerprint density at radius 2 is 1.93 bits per heavy atom. The first kappa shape index (κ1) is 17.0. The van der Waals surface area contributed by atoms with Crippen molar-refractivity contribution in [2.75, 3.05) is 4.90 Å². The van der Waals surface area contributed by atoms with E-state index in [-0.39, 0.29) is 17.9 Å². The number of aromatic amines is 1. The molecule has 3 aromatic rings. The Hall–Kier alpha value is -3.08. The van der Waals surface area contributed by atoms with E-state index in [0.717, 1.165) is 59.7 Å². The van der Waals surface area contributed by atoms with Crippen LogP contribution in [0.15, 0.2) is 54.7 Å². The summed E-state index contributed by atoms with van der Waals surface area (Å²) in [4.78, 5) is 15.0. The van der Waals surface area contributed by atoms with E-state index < -0.39 is 0 Å². The van der Waals surface area contributed by atoms with E-state index in [9.17, 15) is 4.79 Å². The number of anilines is 1. The van der Waals surface area contributed by atoms with Gasteiger partial charge in [-0.1, -0.05) is 18.2 Å². The molecule has 2 aliphatic rings. The van der Waals surface area contributed by atoms with E-state index in [4.69, 9.17) is 4.74 Å². The Labute approximate surface area is 164 Å². The van der Waals surface area contributed by atoms with Gasteiger partial charge in [-0.2, -0.15) is 5.10 Å². The predicted octanol–water partition coefficient (Wildman–Crippen LogP) is 4.95. The number of fused-ring (bicyclic) bond motifs is 1. The number of ether oxygens (including phenoxy) is 1. The van der Waals surface area contributed by atoms with Gasteiger partial charge in [-0.3, -0.25) is 9.89 Å². The third-order valence-corrected chi connectivity index (χ3v) is 5.67. The highest BCUT2D eigenvalue weighted by molar-refractivity contribution is 5.99. The molecule has 5 heteroatoms. The molecule has 1 amide bonds. The summed E-state index contributed by atoms with van der Waals surface area (Å²) in [6, 6.07) is 16.1. The van der Waals surface area contributed by atoms with Crippen LogP contribution in [0.4, 0.5) is 5.69 Å². The maximum absolute atomic E-state index is 13.0. The summed E-state index contributed by atoms with van der Waals surface area (Å²) in [6.45, 7) is 2.14. The number of rotatable bonds is 4. The van der Waals surface area contributed by atoms with Gasteiger partial charge in [0.2, 0.25) is 5.91 Å². The minimum absolute atomic E-state index is 0.194. The second-order valence-electron chi connectivity index (χ2n) is 7.70. The number of hydrogen-bond donors (Lipinski definition) is 1. The molecule has 1 unspecified atom stereocenters. The van der Waals surface area contributed by atoms with Crippen molar-refractivity contribution < 1.29 is 9.53 Å². The Morgan fingerprint density at radius 3 is 2.64 bits per heavy atom. The molecule has 0 bridgehead atoms. The number of benzene rings is 2. The lowest BCUT2D eigenvalue weighted by molar-refractivity contribution is -0.120. The quantitative estimate of drug-likeness (QED) is 0.704. The maximum Gasteiger partial charge on any atom is 0.230 e. The lowest BCUT2D eigenvalue weighted by Gasteiger charge is -2.36. The number of carbonyl (C=O) groups is 1. The highest BCUT2D eigenvalue weighted by Crippen LogP contribution is 2.45. The molecule has 2 heterocycles. The van der Waals surface area contributed by atoms with Gasteiger partial charge in [-0.05, 0) is 62.9 Å². The van der Waals surface area contributed by atoms with Gasteiger partial charge in [0.15, 0.2) is 0 Å². The number of amides is 1. The monoisotopic (exact) mass is 373 g/mol. The van der Waals surface area contributed by atoms with Crippen LogP contribution in [0.3, 0.4) is 0 Å². The summed E-state index contributed by atoms with van der Waals surface area (Å²) < 4.78 is 6.39. The van der Waals surface area contributed by atoms with Crippen molar-refractivity contribution in [3.8, 4) is 22.8 Å². The summed E-state index contributed by atoms with van der Waals surface area (Å²) in [6.07, 6.45) is 5.58. The summed E-state index contributed by atoms with van der Waals surface area (Å²) in [5, 5.41) is 7.15. The zero-order chi connectivity index (χ0) is 19.1. The molecule has 5 rings (SSSR count). The fraction of sp³-hybridized carbons (Fsp3) is 0.304. The maximum atomic E-state index is 13.0. The molecular weight excluding hydrogens is 350 g/mol. The number of aromatic nitrogens is 2. The number of para-hydroxylation sites is 1. The number of hydrogen-bond acceptors (Lipinski definition) is 3. The van der Waals surface area contributed by atoms with Crippen molar-refractivity contribution in [1.82, 2.24) is 10.2 Å². The van der Waals surface area contributed by atoms with Crippen molar-refractivity contribution in [3.05, 3.63) is 60.3 Å². The van der Waals surface area contributed by atoms with Gasteiger partial charge in [0.25, 0.3) is 0 Å². The molecule has 142 valence electrons. The average Bonchev–Trinajstić information content (AvgIpc) is 3.43. The van der Waals surface area contributed by atoms with Crippen LogP contribution in [0.25, 0.3) is 11.3 Å². The molecule has 0 saturated heterocycles. The molecule has 1 saturated carbocycles. The molecule has 2 aromatic carbocycles. The topological polar surface area (TPSA) is 58.2 Å². The summed E-state index contributed by atoms with van der Waals surface area (Å²) in [5.74, 6) is 2.05. The standard InChI is InChI=1S/C23H23N3O2/c1-15-7-10-19-21(26(15)23(27)16-8-9-16)12-11-18(20-13-14-24-25-20)22(19)28-17-5-3-2-4-6-17/h2-6,11-16H,7-10H2,1H3,(H,24,25). The van der Waals surface area contributed by atoms with E-state index in [2.05, 4.69) is 23.2 Å².